The second kappa shape index (κ2) is 42.0. The number of hydrogen-bond donors (Lipinski definition) is 0. The van der Waals surface area contributed by atoms with E-state index in [2.05, 4.69) is 34.6 Å². The first-order valence-electron chi connectivity index (χ1n) is 24.2. The lowest BCUT2D eigenvalue weighted by Crippen LogP contribution is -2.30. The lowest BCUT2D eigenvalue weighted by Gasteiger charge is -2.18. The van der Waals surface area contributed by atoms with Crippen molar-refractivity contribution in [3.63, 3.8) is 0 Å². The SMILES string of the molecule is CCCCCCCCCC(=O)OC[C@H](COC(=O)CCCCCCCCCCCCC(C)C)OC(=O)CCCCCCCCCCCCCCCCC(C)C. The van der Waals surface area contributed by atoms with Crippen LogP contribution >= 0.6 is 0 Å². The Balaban J connectivity index is 4.23. The van der Waals surface area contributed by atoms with Gasteiger partial charge in [0.1, 0.15) is 13.2 Å². The third-order valence-corrected chi connectivity index (χ3v) is 11.0. The van der Waals surface area contributed by atoms with E-state index in [0.717, 1.165) is 69.6 Å². The molecule has 55 heavy (non-hydrogen) atoms. The van der Waals surface area contributed by atoms with Gasteiger partial charge in [-0.15, -0.1) is 0 Å². The predicted octanol–water partition coefficient (Wildman–Crippen LogP) is 15.4. The molecular weight excluding hydrogens is 685 g/mol. The van der Waals surface area contributed by atoms with E-state index in [9.17, 15) is 14.4 Å². The zero-order chi connectivity index (χ0) is 40.5. The lowest BCUT2D eigenvalue weighted by molar-refractivity contribution is -0.167. The number of hydrogen-bond acceptors (Lipinski definition) is 6. The molecule has 0 aromatic heterocycles. The Kier molecular flexibility index (Phi) is 40.8. The molecule has 0 amide bonds. The van der Waals surface area contributed by atoms with Crippen molar-refractivity contribution < 1.29 is 28.6 Å². The largest absolute Gasteiger partial charge is 0.462 e. The summed E-state index contributed by atoms with van der Waals surface area (Å²) in [6, 6.07) is 0. The third-order valence-electron chi connectivity index (χ3n) is 11.0. The molecule has 0 aliphatic carbocycles. The zero-order valence-corrected chi connectivity index (χ0v) is 37.6. The molecule has 6 heteroatoms. The first kappa shape index (κ1) is 53.4. The van der Waals surface area contributed by atoms with Crippen LogP contribution in [-0.2, 0) is 28.6 Å². The van der Waals surface area contributed by atoms with Gasteiger partial charge in [-0.3, -0.25) is 14.4 Å². The fourth-order valence-corrected chi connectivity index (χ4v) is 7.28. The summed E-state index contributed by atoms with van der Waals surface area (Å²) in [5.74, 6) is 0.803. The second-order valence-corrected chi connectivity index (χ2v) is 17.7. The van der Waals surface area contributed by atoms with Gasteiger partial charge in [-0.05, 0) is 31.1 Å². The van der Waals surface area contributed by atoms with Crippen molar-refractivity contribution in [1.82, 2.24) is 0 Å². The highest BCUT2D eigenvalue weighted by Crippen LogP contribution is 2.17. The van der Waals surface area contributed by atoms with Crippen molar-refractivity contribution >= 4 is 17.9 Å². The minimum Gasteiger partial charge on any atom is -0.462 e. The van der Waals surface area contributed by atoms with E-state index in [1.165, 1.54) is 154 Å². The Morgan fingerprint density at radius 3 is 0.891 bits per heavy atom. The fraction of sp³-hybridized carbons (Fsp3) is 0.939. The highest BCUT2D eigenvalue weighted by molar-refractivity contribution is 5.71. The predicted molar refractivity (Wildman–Crippen MR) is 233 cm³/mol. The van der Waals surface area contributed by atoms with Crippen molar-refractivity contribution in [2.24, 2.45) is 11.8 Å². The summed E-state index contributed by atoms with van der Waals surface area (Å²) in [5, 5.41) is 0. The normalized spacial score (nSPS) is 12.1. The Labute approximate surface area is 342 Å². The molecule has 0 N–H and O–H groups in total. The van der Waals surface area contributed by atoms with Crippen LogP contribution in [0.25, 0.3) is 0 Å². The highest BCUT2D eigenvalue weighted by Gasteiger charge is 2.19. The standard InChI is InChI=1S/C49H94O6/c1-6-7-8-9-22-29-34-39-47(50)53-42-46(43-54-48(51)40-35-30-25-20-17-16-19-24-28-33-38-45(4)5)55-49(52)41-36-31-26-21-15-13-11-10-12-14-18-23-27-32-37-44(2)3/h44-46H,6-43H2,1-5H3/t46-/m1/s1. The number of unbranched alkanes of at least 4 members (excludes halogenated alkanes) is 28. The molecule has 0 saturated heterocycles. The molecule has 0 aromatic carbocycles. The number of carbonyl (C=O) groups is 3. The van der Waals surface area contributed by atoms with Crippen LogP contribution < -0.4 is 0 Å². The van der Waals surface area contributed by atoms with Crippen molar-refractivity contribution in [2.45, 2.75) is 272 Å². The van der Waals surface area contributed by atoms with E-state index in [1.807, 2.05) is 0 Å². The van der Waals surface area contributed by atoms with Gasteiger partial charge in [0.15, 0.2) is 6.10 Å². The van der Waals surface area contributed by atoms with Gasteiger partial charge in [0, 0.05) is 19.3 Å². The van der Waals surface area contributed by atoms with E-state index in [4.69, 9.17) is 14.2 Å². The topological polar surface area (TPSA) is 78.9 Å². The average Bonchev–Trinajstić information content (AvgIpc) is 3.15. The van der Waals surface area contributed by atoms with Gasteiger partial charge in [-0.25, -0.2) is 0 Å². The van der Waals surface area contributed by atoms with Gasteiger partial charge in [-0.1, -0.05) is 227 Å². The Bertz CT molecular complexity index is 839. The van der Waals surface area contributed by atoms with Gasteiger partial charge < -0.3 is 14.2 Å². The van der Waals surface area contributed by atoms with Crippen LogP contribution in [0.2, 0.25) is 0 Å². The van der Waals surface area contributed by atoms with Crippen molar-refractivity contribution in [3.05, 3.63) is 0 Å². The number of esters is 3. The molecule has 0 fully saturated rings. The first-order valence-corrected chi connectivity index (χ1v) is 24.2. The first-order chi connectivity index (χ1) is 26.7. The minimum absolute atomic E-state index is 0.0647. The number of rotatable bonds is 43. The molecule has 0 unspecified atom stereocenters. The third kappa shape index (κ3) is 43.4. The maximum atomic E-state index is 12.7. The van der Waals surface area contributed by atoms with Gasteiger partial charge in [0.05, 0.1) is 0 Å². The monoisotopic (exact) mass is 779 g/mol. The quantitative estimate of drug-likeness (QED) is 0.0348. The van der Waals surface area contributed by atoms with Crippen LogP contribution in [0, 0.1) is 11.8 Å². The maximum Gasteiger partial charge on any atom is 0.306 e. The molecule has 0 aliphatic rings. The molecular formula is C49H94O6. The highest BCUT2D eigenvalue weighted by atomic mass is 16.6. The number of carbonyl (C=O) groups excluding carboxylic acids is 3. The Morgan fingerprint density at radius 1 is 0.345 bits per heavy atom. The van der Waals surface area contributed by atoms with E-state index in [0.29, 0.717) is 19.3 Å². The van der Waals surface area contributed by atoms with Crippen LogP contribution in [0.4, 0.5) is 0 Å². The molecule has 0 saturated carbocycles. The molecule has 0 heterocycles. The van der Waals surface area contributed by atoms with Crippen LogP contribution in [-0.4, -0.2) is 37.2 Å². The zero-order valence-electron chi connectivity index (χ0n) is 37.6. The summed E-state index contributed by atoms with van der Waals surface area (Å²) in [6.07, 6.45) is 41.0. The molecule has 326 valence electrons. The molecule has 6 nitrogen and oxygen atoms in total. The summed E-state index contributed by atoms with van der Waals surface area (Å²) < 4.78 is 16.7. The smallest absolute Gasteiger partial charge is 0.306 e. The second-order valence-electron chi connectivity index (χ2n) is 17.7. The molecule has 0 spiro atoms. The van der Waals surface area contributed by atoms with E-state index < -0.39 is 6.10 Å². The van der Waals surface area contributed by atoms with E-state index in [-0.39, 0.29) is 31.1 Å². The minimum atomic E-state index is -0.760. The number of ether oxygens (including phenoxy) is 3. The molecule has 1 atom stereocenters. The van der Waals surface area contributed by atoms with Crippen molar-refractivity contribution in [3.8, 4) is 0 Å². The lowest BCUT2D eigenvalue weighted by atomic mass is 10.0. The Hall–Kier alpha value is -1.59. The summed E-state index contributed by atoms with van der Waals surface area (Å²) in [5.41, 5.74) is 0. The van der Waals surface area contributed by atoms with Gasteiger partial charge in [0.2, 0.25) is 0 Å². The Morgan fingerprint density at radius 2 is 0.600 bits per heavy atom. The molecule has 0 radical (unpaired) electrons. The van der Waals surface area contributed by atoms with Crippen LogP contribution in [0.15, 0.2) is 0 Å². The molecule has 0 aliphatic heterocycles. The summed E-state index contributed by atoms with van der Waals surface area (Å²) in [4.78, 5) is 37.7. The van der Waals surface area contributed by atoms with Crippen LogP contribution in [0.1, 0.15) is 266 Å². The van der Waals surface area contributed by atoms with E-state index >= 15 is 0 Å². The van der Waals surface area contributed by atoms with Crippen LogP contribution in [0.3, 0.4) is 0 Å². The van der Waals surface area contributed by atoms with Gasteiger partial charge >= 0.3 is 17.9 Å². The maximum absolute atomic E-state index is 12.7. The fourth-order valence-electron chi connectivity index (χ4n) is 7.28. The van der Waals surface area contributed by atoms with Crippen molar-refractivity contribution in [1.29, 1.82) is 0 Å². The van der Waals surface area contributed by atoms with E-state index in [1.54, 1.807) is 0 Å². The molecule has 0 rings (SSSR count). The molecule has 0 aromatic rings. The summed E-state index contributed by atoms with van der Waals surface area (Å²) >= 11 is 0. The van der Waals surface area contributed by atoms with Gasteiger partial charge in [-0.2, -0.15) is 0 Å². The summed E-state index contributed by atoms with van der Waals surface area (Å²) in [6.45, 7) is 11.3. The van der Waals surface area contributed by atoms with Crippen LogP contribution in [0.5, 0.6) is 0 Å². The summed E-state index contributed by atoms with van der Waals surface area (Å²) in [7, 11) is 0. The van der Waals surface area contributed by atoms with Gasteiger partial charge in [0.25, 0.3) is 0 Å². The molecule has 0 bridgehead atoms. The average molecular weight is 779 g/mol. The van der Waals surface area contributed by atoms with Crippen molar-refractivity contribution in [2.75, 3.05) is 13.2 Å².